The fourth-order valence-corrected chi connectivity index (χ4v) is 0.713. The molecule has 0 radical (unpaired) electrons. The Kier molecular flexibility index (Phi) is 5.74. The van der Waals surface area contributed by atoms with Crippen LogP contribution < -0.4 is 0 Å². The van der Waals surface area contributed by atoms with Gasteiger partial charge >= 0.3 is 0 Å². The normalized spacial score (nSPS) is 15.7. The summed E-state index contributed by atoms with van der Waals surface area (Å²) < 4.78 is 0. The first-order chi connectivity index (χ1) is 5.79. The largest absolute Gasteiger partial charge is 0.290 e. The first-order valence-electron chi connectivity index (χ1n) is 3.56. The standard InChI is InChI=1S/2C5H4O.Ni/c2*6-5-3-1-2-4-5;/h2*1-4H;. The molecule has 70 valence electrons. The minimum absolute atomic E-state index is 0. The SMILES string of the molecule is O=C1C=CC=C1.O=C1C=CC=C1.[Ni]. The Hall–Kier alpha value is -1.21. The number of rotatable bonds is 0. The minimum Gasteiger partial charge on any atom is -0.290 e. The summed E-state index contributed by atoms with van der Waals surface area (Å²) in [6, 6.07) is 0. The van der Waals surface area contributed by atoms with Gasteiger partial charge < -0.3 is 0 Å². The van der Waals surface area contributed by atoms with Gasteiger partial charge in [-0.1, -0.05) is 24.3 Å². The Morgan fingerprint density at radius 1 is 0.615 bits per heavy atom. The summed E-state index contributed by atoms with van der Waals surface area (Å²) in [5, 5.41) is 0. The van der Waals surface area contributed by atoms with Crippen LogP contribution in [0, 0.1) is 0 Å². The summed E-state index contributed by atoms with van der Waals surface area (Å²) in [6.45, 7) is 0. The van der Waals surface area contributed by atoms with Gasteiger partial charge in [-0.25, -0.2) is 0 Å². The molecular weight excluding hydrogens is 211 g/mol. The summed E-state index contributed by atoms with van der Waals surface area (Å²) in [6.07, 6.45) is 13.0. The minimum atomic E-state index is 0. The Labute approximate surface area is 86.6 Å². The van der Waals surface area contributed by atoms with Gasteiger partial charge in [0.1, 0.15) is 0 Å². The molecule has 0 unspecified atom stereocenters. The van der Waals surface area contributed by atoms with Crippen LogP contribution in [0.3, 0.4) is 0 Å². The molecule has 2 nitrogen and oxygen atoms in total. The van der Waals surface area contributed by atoms with Crippen molar-refractivity contribution in [3.8, 4) is 0 Å². The van der Waals surface area contributed by atoms with E-state index in [-0.39, 0.29) is 28.1 Å². The van der Waals surface area contributed by atoms with Crippen LogP contribution in [0.25, 0.3) is 0 Å². The summed E-state index contributed by atoms with van der Waals surface area (Å²) in [5.74, 6) is 0.185. The van der Waals surface area contributed by atoms with Crippen LogP contribution in [-0.4, -0.2) is 11.6 Å². The Balaban J connectivity index is 0.000000206. The number of hydrogen-bond donors (Lipinski definition) is 0. The van der Waals surface area contributed by atoms with Crippen LogP contribution >= 0.6 is 0 Å². The van der Waals surface area contributed by atoms with Crippen molar-refractivity contribution in [2.45, 2.75) is 0 Å². The zero-order valence-electron chi connectivity index (χ0n) is 6.75. The van der Waals surface area contributed by atoms with E-state index >= 15 is 0 Å². The second kappa shape index (κ2) is 6.32. The fourth-order valence-electron chi connectivity index (χ4n) is 0.713. The molecule has 0 fully saturated rings. The van der Waals surface area contributed by atoms with Gasteiger partial charge in [-0.2, -0.15) is 0 Å². The predicted molar refractivity (Wildman–Crippen MR) is 46.6 cm³/mol. The molecule has 0 aromatic carbocycles. The zero-order valence-corrected chi connectivity index (χ0v) is 7.74. The van der Waals surface area contributed by atoms with Crippen molar-refractivity contribution in [1.29, 1.82) is 0 Å². The van der Waals surface area contributed by atoms with Crippen LogP contribution in [0.5, 0.6) is 0 Å². The van der Waals surface area contributed by atoms with Crippen molar-refractivity contribution >= 4 is 11.6 Å². The molecule has 0 aliphatic heterocycles. The molecule has 13 heavy (non-hydrogen) atoms. The predicted octanol–water partition coefficient (Wildman–Crippen LogP) is 1.36. The molecule has 0 aromatic rings. The van der Waals surface area contributed by atoms with Crippen molar-refractivity contribution in [2.24, 2.45) is 0 Å². The summed E-state index contributed by atoms with van der Waals surface area (Å²) in [7, 11) is 0. The molecule has 0 amide bonds. The second-order valence-corrected chi connectivity index (χ2v) is 2.24. The maximum Gasteiger partial charge on any atom is 0.178 e. The average molecular weight is 219 g/mol. The third kappa shape index (κ3) is 5.10. The second-order valence-electron chi connectivity index (χ2n) is 2.24. The van der Waals surface area contributed by atoms with Gasteiger partial charge in [0, 0.05) is 16.5 Å². The maximum atomic E-state index is 10.1. The molecule has 0 saturated heterocycles. The quantitative estimate of drug-likeness (QED) is 0.576. The zero-order chi connectivity index (χ0) is 8.81. The van der Waals surface area contributed by atoms with Gasteiger partial charge in [0.25, 0.3) is 0 Å². The van der Waals surface area contributed by atoms with Crippen LogP contribution in [0.4, 0.5) is 0 Å². The van der Waals surface area contributed by atoms with Crippen LogP contribution in [0.15, 0.2) is 48.6 Å². The molecule has 0 bridgehead atoms. The molecule has 2 aliphatic rings. The summed E-state index contributed by atoms with van der Waals surface area (Å²) >= 11 is 0. The number of allylic oxidation sites excluding steroid dienone is 8. The molecule has 0 atom stereocenters. The average Bonchev–Trinajstić information content (AvgIpc) is 2.63. The molecule has 2 rings (SSSR count). The Bertz CT molecular complexity index is 249. The number of carbonyl (C=O) groups excluding carboxylic acids is 2. The third-order valence-electron chi connectivity index (χ3n) is 1.26. The van der Waals surface area contributed by atoms with Crippen LogP contribution in [-0.2, 0) is 26.1 Å². The summed E-state index contributed by atoms with van der Waals surface area (Å²) in [4.78, 5) is 20.1. The van der Waals surface area contributed by atoms with Crippen molar-refractivity contribution in [3.05, 3.63) is 48.6 Å². The monoisotopic (exact) mass is 218 g/mol. The van der Waals surface area contributed by atoms with Crippen molar-refractivity contribution < 1.29 is 26.1 Å². The van der Waals surface area contributed by atoms with Gasteiger partial charge in [-0.05, 0) is 24.3 Å². The van der Waals surface area contributed by atoms with Crippen molar-refractivity contribution in [1.82, 2.24) is 0 Å². The number of hydrogen-bond acceptors (Lipinski definition) is 2. The first kappa shape index (κ1) is 11.8. The van der Waals surface area contributed by atoms with Crippen LogP contribution in [0.2, 0.25) is 0 Å². The van der Waals surface area contributed by atoms with Gasteiger partial charge in [-0.3, -0.25) is 9.59 Å². The van der Waals surface area contributed by atoms with Crippen molar-refractivity contribution in [3.63, 3.8) is 0 Å². The van der Waals surface area contributed by atoms with E-state index in [9.17, 15) is 9.59 Å². The topological polar surface area (TPSA) is 34.1 Å². The fraction of sp³-hybridized carbons (Fsp3) is 0. The van der Waals surface area contributed by atoms with E-state index in [2.05, 4.69) is 0 Å². The van der Waals surface area contributed by atoms with Gasteiger partial charge in [0.15, 0.2) is 11.6 Å². The van der Waals surface area contributed by atoms with E-state index in [4.69, 9.17) is 0 Å². The Morgan fingerprint density at radius 2 is 0.846 bits per heavy atom. The molecule has 0 saturated carbocycles. The molecule has 3 heteroatoms. The van der Waals surface area contributed by atoms with E-state index in [1.165, 1.54) is 24.3 Å². The maximum absolute atomic E-state index is 10.1. The van der Waals surface area contributed by atoms with Gasteiger partial charge in [0.05, 0.1) is 0 Å². The van der Waals surface area contributed by atoms with E-state index in [0.717, 1.165) is 0 Å². The molecule has 0 aromatic heterocycles. The smallest absolute Gasteiger partial charge is 0.178 e. The van der Waals surface area contributed by atoms with Gasteiger partial charge in [-0.15, -0.1) is 0 Å². The van der Waals surface area contributed by atoms with Gasteiger partial charge in [0.2, 0.25) is 0 Å². The Morgan fingerprint density at radius 3 is 0.923 bits per heavy atom. The van der Waals surface area contributed by atoms with Crippen molar-refractivity contribution in [2.75, 3.05) is 0 Å². The molecular formula is C10H8NiO2. The number of carbonyl (C=O) groups is 2. The van der Waals surface area contributed by atoms with Crippen LogP contribution in [0.1, 0.15) is 0 Å². The van der Waals surface area contributed by atoms with E-state index in [0.29, 0.717) is 0 Å². The third-order valence-corrected chi connectivity index (χ3v) is 1.26. The molecule has 2 aliphatic carbocycles. The van der Waals surface area contributed by atoms with E-state index < -0.39 is 0 Å². The molecule has 0 heterocycles. The first-order valence-corrected chi connectivity index (χ1v) is 3.56. The summed E-state index contributed by atoms with van der Waals surface area (Å²) in [5.41, 5.74) is 0. The molecule has 0 spiro atoms. The van der Waals surface area contributed by atoms with E-state index in [1.54, 1.807) is 24.3 Å². The number of ketones is 2. The molecule has 0 N–H and O–H groups in total. The van der Waals surface area contributed by atoms with E-state index in [1.807, 2.05) is 0 Å².